The van der Waals surface area contributed by atoms with Crippen molar-refractivity contribution in [3.8, 4) is 22.8 Å². The molecule has 1 N–H and O–H groups in total. The molecule has 1 aromatic heterocycles. The van der Waals surface area contributed by atoms with E-state index < -0.39 is 0 Å². The second kappa shape index (κ2) is 5.60. The zero-order valence-electron chi connectivity index (χ0n) is 13.2. The fourth-order valence-electron chi connectivity index (χ4n) is 3.21. The molecule has 0 unspecified atom stereocenters. The van der Waals surface area contributed by atoms with Crippen molar-refractivity contribution in [2.24, 2.45) is 0 Å². The zero-order valence-corrected chi connectivity index (χ0v) is 14.1. The molecule has 1 aliphatic carbocycles. The van der Waals surface area contributed by atoms with Gasteiger partial charge < -0.3 is 9.47 Å². The van der Waals surface area contributed by atoms with Crippen molar-refractivity contribution < 1.29 is 14.3 Å². The Hall–Kier alpha value is -2.86. The average molecular weight is 350 g/mol. The van der Waals surface area contributed by atoms with Gasteiger partial charge in [-0.25, -0.2) is 4.98 Å². The lowest BCUT2D eigenvalue weighted by atomic mass is 9.94. The number of fused-ring (bicyclic) bond motifs is 4. The molecule has 124 valence electrons. The van der Waals surface area contributed by atoms with Crippen molar-refractivity contribution in [3.05, 3.63) is 58.5 Å². The number of nitrogens with zero attached hydrogens (tertiary/aromatic N) is 1. The lowest BCUT2D eigenvalue weighted by Crippen LogP contribution is -2.11. The predicted octanol–water partition coefficient (Wildman–Crippen LogP) is 3.89. The van der Waals surface area contributed by atoms with Crippen LogP contribution < -0.4 is 14.8 Å². The molecular weight excluding hydrogens is 336 g/mol. The van der Waals surface area contributed by atoms with E-state index in [2.05, 4.69) is 28.5 Å². The first kappa shape index (κ1) is 14.5. The Morgan fingerprint density at radius 3 is 2.92 bits per heavy atom. The highest BCUT2D eigenvalue weighted by Gasteiger charge is 2.22. The van der Waals surface area contributed by atoms with Crippen LogP contribution in [0.5, 0.6) is 11.5 Å². The number of anilines is 1. The number of carbonyl (C=O) groups excluding carboxylic acids is 1. The number of nitrogens with one attached hydrogen (secondary N) is 1. The molecule has 2 aromatic carbocycles. The minimum Gasteiger partial charge on any atom is -0.454 e. The maximum absolute atomic E-state index is 12.5. The lowest BCUT2D eigenvalue weighted by molar-refractivity contribution is 0.102. The van der Waals surface area contributed by atoms with Crippen LogP contribution in [0.4, 0.5) is 5.13 Å². The molecule has 25 heavy (non-hydrogen) atoms. The molecule has 6 heteroatoms. The third kappa shape index (κ3) is 2.46. The summed E-state index contributed by atoms with van der Waals surface area (Å²) in [7, 11) is 0. The van der Waals surface area contributed by atoms with E-state index in [0.29, 0.717) is 22.2 Å². The van der Waals surface area contributed by atoms with Crippen LogP contribution in [0.15, 0.2) is 42.5 Å². The zero-order chi connectivity index (χ0) is 16.8. The minimum atomic E-state index is -0.197. The number of amides is 1. The molecule has 0 atom stereocenters. The number of ether oxygens (including phenoxy) is 2. The Morgan fingerprint density at radius 2 is 1.96 bits per heavy atom. The van der Waals surface area contributed by atoms with Crippen LogP contribution >= 0.6 is 11.3 Å². The van der Waals surface area contributed by atoms with E-state index in [0.717, 1.165) is 18.5 Å². The number of benzene rings is 2. The van der Waals surface area contributed by atoms with Crippen molar-refractivity contribution in [1.29, 1.82) is 0 Å². The van der Waals surface area contributed by atoms with Gasteiger partial charge in [-0.2, -0.15) is 0 Å². The summed E-state index contributed by atoms with van der Waals surface area (Å²) in [4.78, 5) is 18.4. The highest BCUT2D eigenvalue weighted by molar-refractivity contribution is 7.16. The van der Waals surface area contributed by atoms with Crippen LogP contribution in [-0.2, 0) is 12.8 Å². The number of hydrogen-bond donors (Lipinski definition) is 1. The van der Waals surface area contributed by atoms with Crippen molar-refractivity contribution in [2.75, 3.05) is 12.1 Å². The molecular formula is C19H14N2O3S. The molecule has 2 heterocycles. The van der Waals surface area contributed by atoms with Gasteiger partial charge in [0.05, 0.1) is 5.69 Å². The Balaban J connectivity index is 1.42. The van der Waals surface area contributed by atoms with Gasteiger partial charge in [0.1, 0.15) is 0 Å². The quantitative estimate of drug-likeness (QED) is 0.762. The molecule has 0 saturated heterocycles. The molecule has 3 aromatic rings. The van der Waals surface area contributed by atoms with Crippen molar-refractivity contribution in [3.63, 3.8) is 0 Å². The largest absolute Gasteiger partial charge is 0.454 e. The van der Waals surface area contributed by atoms with E-state index in [9.17, 15) is 4.79 Å². The summed E-state index contributed by atoms with van der Waals surface area (Å²) in [5.41, 5.74) is 4.00. The molecule has 0 bridgehead atoms. The summed E-state index contributed by atoms with van der Waals surface area (Å²) >= 11 is 1.55. The van der Waals surface area contributed by atoms with Gasteiger partial charge in [-0.1, -0.05) is 24.3 Å². The van der Waals surface area contributed by atoms with Crippen LogP contribution in [0, 0.1) is 0 Å². The Bertz CT molecular complexity index is 996. The third-order valence-electron chi connectivity index (χ3n) is 4.45. The number of hydrogen-bond acceptors (Lipinski definition) is 5. The van der Waals surface area contributed by atoms with Gasteiger partial charge in [0.25, 0.3) is 5.91 Å². The molecule has 0 saturated carbocycles. The molecule has 5 rings (SSSR count). The summed E-state index contributed by atoms with van der Waals surface area (Å²) in [6.07, 6.45) is 1.98. The number of thiazole rings is 1. The first-order valence-electron chi connectivity index (χ1n) is 8.07. The molecule has 1 aliphatic heterocycles. The van der Waals surface area contributed by atoms with E-state index in [4.69, 9.17) is 9.47 Å². The lowest BCUT2D eigenvalue weighted by Gasteiger charge is -2.13. The van der Waals surface area contributed by atoms with Crippen molar-refractivity contribution in [2.45, 2.75) is 12.8 Å². The molecule has 5 nitrogen and oxygen atoms in total. The summed E-state index contributed by atoms with van der Waals surface area (Å²) in [6, 6.07) is 13.5. The van der Waals surface area contributed by atoms with Gasteiger partial charge in [-0.15, -0.1) is 11.3 Å². The molecule has 2 aliphatic rings. The van der Waals surface area contributed by atoms with E-state index in [1.807, 2.05) is 6.07 Å². The van der Waals surface area contributed by atoms with Gasteiger partial charge in [0, 0.05) is 16.0 Å². The maximum atomic E-state index is 12.5. The smallest absolute Gasteiger partial charge is 0.257 e. The second-order valence-corrected chi connectivity index (χ2v) is 7.05. The van der Waals surface area contributed by atoms with Gasteiger partial charge in [0.15, 0.2) is 16.6 Å². The highest BCUT2D eigenvalue weighted by atomic mass is 32.1. The van der Waals surface area contributed by atoms with Gasteiger partial charge in [0.2, 0.25) is 6.79 Å². The van der Waals surface area contributed by atoms with Crippen LogP contribution in [0.3, 0.4) is 0 Å². The topological polar surface area (TPSA) is 60.5 Å². The van der Waals surface area contributed by atoms with Gasteiger partial charge >= 0.3 is 0 Å². The van der Waals surface area contributed by atoms with Crippen LogP contribution in [0.1, 0.15) is 20.8 Å². The van der Waals surface area contributed by atoms with E-state index in [-0.39, 0.29) is 12.7 Å². The summed E-state index contributed by atoms with van der Waals surface area (Å²) < 4.78 is 10.6. The van der Waals surface area contributed by atoms with Crippen LogP contribution in [0.25, 0.3) is 11.3 Å². The molecule has 0 radical (unpaired) electrons. The van der Waals surface area contributed by atoms with E-state index in [1.165, 1.54) is 16.0 Å². The van der Waals surface area contributed by atoms with E-state index in [1.54, 1.807) is 29.5 Å². The Labute approximate surface area is 148 Å². The number of aryl methyl sites for hydroxylation is 2. The predicted molar refractivity (Wildman–Crippen MR) is 95.5 cm³/mol. The van der Waals surface area contributed by atoms with Crippen molar-refractivity contribution in [1.82, 2.24) is 4.98 Å². The standard InChI is InChI=1S/C19H14N2O3S/c22-18(12-5-7-14-15(9-12)24-10-23-14)21-19-20-17-13-4-2-1-3-11(13)6-8-16(17)25-19/h1-5,7,9H,6,8,10H2,(H,20,21,22). The number of rotatable bonds is 2. The van der Waals surface area contributed by atoms with Crippen LogP contribution in [0.2, 0.25) is 0 Å². The van der Waals surface area contributed by atoms with Crippen LogP contribution in [-0.4, -0.2) is 17.7 Å². The van der Waals surface area contributed by atoms with Gasteiger partial charge in [-0.05, 0) is 36.6 Å². The first-order chi connectivity index (χ1) is 12.3. The molecule has 1 amide bonds. The maximum Gasteiger partial charge on any atom is 0.257 e. The third-order valence-corrected chi connectivity index (χ3v) is 5.48. The average Bonchev–Trinajstić information content (AvgIpc) is 3.27. The molecule has 0 fully saturated rings. The Morgan fingerprint density at radius 1 is 1.08 bits per heavy atom. The number of carbonyl (C=O) groups is 1. The summed E-state index contributed by atoms with van der Waals surface area (Å²) in [5.74, 6) is 1.07. The highest BCUT2D eigenvalue weighted by Crippen LogP contribution is 2.38. The molecule has 0 spiro atoms. The fraction of sp³-hybridized carbons (Fsp3) is 0.158. The normalized spacial score (nSPS) is 13.9. The second-order valence-electron chi connectivity index (χ2n) is 5.97. The van der Waals surface area contributed by atoms with Gasteiger partial charge in [-0.3, -0.25) is 10.1 Å². The van der Waals surface area contributed by atoms with E-state index >= 15 is 0 Å². The summed E-state index contributed by atoms with van der Waals surface area (Å²) in [6.45, 7) is 0.193. The summed E-state index contributed by atoms with van der Waals surface area (Å²) in [5, 5.41) is 3.54. The monoisotopic (exact) mass is 350 g/mol. The van der Waals surface area contributed by atoms with Crippen molar-refractivity contribution >= 4 is 22.4 Å². The fourth-order valence-corrected chi connectivity index (χ4v) is 4.18. The number of aromatic nitrogens is 1. The minimum absolute atomic E-state index is 0.193. The SMILES string of the molecule is O=C(Nc1nc2c(s1)CCc1ccccc1-2)c1ccc2c(c1)OCO2. The Kier molecular flexibility index (Phi) is 3.24. The first-order valence-corrected chi connectivity index (χ1v) is 8.88.